The largest absolute Gasteiger partial charge is 0.464 e. The molecule has 3 amide bonds. The van der Waals surface area contributed by atoms with E-state index < -0.39 is 17.9 Å². The van der Waals surface area contributed by atoms with Crippen molar-refractivity contribution >= 4 is 17.9 Å². The number of amides is 3. The fourth-order valence-corrected chi connectivity index (χ4v) is 0.480. The summed E-state index contributed by atoms with van der Waals surface area (Å²) in [6.07, 6.45) is -0.185. The molecule has 0 aromatic rings. The van der Waals surface area contributed by atoms with Crippen molar-refractivity contribution in [3.05, 3.63) is 25.3 Å². The average molecular weight is 169 g/mol. The van der Waals surface area contributed by atoms with E-state index in [1.807, 2.05) is 0 Å². The summed E-state index contributed by atoms with van der Waals surface area (Å²) in [6, 6.07) is 0. The molecule has 12 heavy (non-hydrogen) atoms. The normalized spacial score (nSPS) is 8.33. The molecule has 0 aliphatic rings. The number of rotatable bonds is 2. The van der Waals surface area contributed by atoms with Gasteiger partial charge in [-0.3, -0.25) is 9.59 Å². The van der Waals surface area contributed by atoms with Crippen LogP contribution in [0.15, 0.2) is 25.3 Å². The summed E-state index contributed by atoms with van der Waals surface area (Å²) in [5.41, 5.74) is 0. The lowest BCUT2D eigenvalue weighted by molar-refractivity contribution is -0.135. The second-order valence-corrected chi connectivity index (χ2v) is 1.70. The highest BCUT2D eigenvalue weighted by molar-refractivity contribution is 6.14. The van der Waals surface area contributed by atoms with Crippen LogP contribution >= 0.6 is 0 Å². The van der Waals surface area contributed by atoms with Gasteiger partial charge in [-0.15, -0.1) is 0 Å². The number of carbonyl (C=O) groups is 3. The zero-order chi connectivity index (χ0) is 9.72. The first-order chi connectivity index (χ1) is 5.54. The summed E-state index contributed by atoms with van der Waals surface area (Å²) in [7, 11) is 0. The Morgan fingerprint density at radius 3 is 1.58 bits per heavy atom. The maximum absolute atomic E-state index is 10.7. The van der Waals surface area contributed by atoms with E-state index >= 15 is 0 Å². The van der Waals surface area contributed by atoms with Gasteiger partial charge in [0, 0.05) is 0 Å². The van der Waals surface area contributed by atoms with Crippen molar-refractivity contribution in [1.82, 2.24) is 4.90 Å². The fourth-order valence-electron chi connectivity index (χ4n) is 0.480. The van der Waals surface area contributed by atoms with Gasteiger partial charge in [0.2, 0.25) is 0 Å². The van der Waals surface area contributed by atoms with Crippen LogP contribution in [0.25, 0.3) is 0 Å². The quantitative estimate of drug-likeness (QED) is 0.607. The van der Waals surface area contributed by atoms with Gasteiger partial charge in [-0.1, -0.05) is 13.2 Å². The molecule has 0 spiro atoms. The highest BCUT2D eigenvalue weighted by Crippen LogP contribution is 1.94. The van der Waals surface area contributed by atoms with E-state index in [0.717, 1.165) is 12.2 Å². The minimum Gasteiger partial charge on any atom is -0.464 e. The van der Waals surface area contributed by atoms with Gasteiger partial charge in [-0.05, 0) is 12.2 Å². The lowest BCUT2D eigenvalue weighted by Gasteiger charge is -2.09. The molecule has 0 saturated carbocycles. The fraction of sp³-hybridized carbons (Fsp3) is 0. The third kappa shape index (κ3) is 2.05. The van der Waals surface area contributed by atoms with Gasteiger partial charge >= 0.3 is 6.09 Å². The molecule has 0 aliphatic carbocycles. The van der Waals surface area contributed by atoms with E-state index in [2.05, 4.69) is 13.2 Å². The van der Waals surface area contributed by atoms with Crippen molar-refractivity contribution < 1.29 is 19.5 Å². The first-order valence-corrected chi connectivity index (χ1v) is 2.90. The minimum absolute atomic E-state index is 0.0139. The van der Waals surface area contributed by atoms with E-state index in [9.17, 15) is 14.4 Å². The van der Waals surface area contributed by atoms with Gasteiger partial charge < -0.3 is 5.11 Å². The minimum atomic E-state index is -1.65. The third-order valence-corrected chi connectivity index (χ3v) is 0.981. The molecule has 0 aromatic carbocycles. The van der Waals surface area contributed by atoms with Crippen LogP contribution < -0.4 is 0 Å². The molecule has 5 heteroatoms. The maximum atomic E-state index is 10.7. The van der Waals surface area contributed by atoms with E-state index in [4.69, 9.17) is 5.11 Å². The first kappa shape index (κ1) is 10.1. The second kappa shape index (κ2) is 4.07. The van der Waals surface area contributed by atoms with Crippen LogP contribution in [0.3, 0.4) is 0 Å². The van der Waals surface area contributed by atoms with Gasteiger partial charge in [-0.25, -0.2) is 4.79 Å². The van der Waals surface area contributed by atoms with Gasteiger partial charge in [0.05, 0.1) is 0 Å². The highest BCUT2D eigenvalue weighted by atomic mass is 16.4. The lowest BCUT2D eigenvalue weighted by Crippen LogP contribution is -2.38. The van der Waals surface area contributed by atoms with Crippen LogP contribution in [0.2, 0.25) is 0 Å². The van der Waals surface area contributed by atoms with Crippen LogP contribution in [0.5, 0.6) is 0 Å². The SMILES string of the molecule is C=CC(=O)N(C(=O)O)C(=O)C=C. The molecule has 0 atom stereocenters. The Balaban J connectivity index is 4.78. The lowest BCUT2D eigenvalue weighted by atomic mass is 10.4. The van der Waals surface area contributed by atoms with E-state index in [1.165, 1.54) is 0 Å². The summed E-state index contributed by atoms with van der Waals surface area (Å²) in [5.74, 6) is -1.99. The zero-order valence-electron chi connectivity index (χ0n) is 6.19. The van der Waals surface area contributed by atoms with Crippen molar-refractivity contribution in [2.24, 2.45) is 0 Å². The average Bonchev–Trinajstić information content (AvgIpc) is 2.03. The first-order valence-electron chi connectivity index (χ1n) is 2.90. The Kier molecular flexibility index (Phi) is 3.42. The molecule has 0 unspecified atom stereocenters. The van der Waals surface area contributed by atoms with Gasteiger partial charge in [-0.2, -0.15) is 4.90 Å². The molecule has 0 radical (unpaired) electrons. The number of carbonyl (C=O) groups excluding carboxylic acids is 2. The third-order valence-electron chi connectivity index (χ3n) is 0.981. The number of hydrogen-bond acceptors (Lipinski definition) is 3. The molecule has 0 aromatic heterocycles. The Hall–Kier alpha value is -1.91. The van der Waals surface area contributed by atoms with Crippen molar-refractivity contribution in [2.75, 3.05) is 0 Å². The molecule has 0 saturated heterocycles. The standard InChI is InChI=1S/C7H7NO4/c1-3-5(9)8(7(11)12)6(10)4-2/h3-4H,1-2H2,(H,11,12). The van der Waals surface area contributed by atoms with E-state index in [1.54, 1.807) is 0 Å². The Bertz CT molecular complexity index is 236. The zero-order valence-corrected chi connectivity index (χ0v) is 6.19. The van der Waals surface area contributed by atoms with Crippen molar-refractivity contribution in [3.63, 3.8) is 0 Å². The van der Waals surface area contributed by atoms with Gasteiger partial charge in [0.1, 0.15) is 0 Å². The van der Waals surface area contributed by atoms with Crippen molar-refractivity contribution in [1.29, 1.82) is 0 Å². The number of imide groups is 3. The van der Waals surface area contributed by atoms with E-state index in [0.29, 0.717) is 0 Å². The molecule has 0 bridgehead atoms. The molecule has 0 heterocycles. The molecule has 0 fully saturated rings. The molecule has 5 nitrogen and oxygen atoms in total. The summed E-state index contributed by atoms with van der Waals surface area (Å²) in [4.78, 5) is 31.7. The van der Waals surface area contributed by atoms with Crippen LogP contribution in [0.1, 0.15) is 0 Å². The predicted molar refractivity (Wildman–Crippen MR) is 40.3 cm³/mol. The van der Waals surface area contributed by atoms with Gasteiger partial charge in [0.25, 0.3) is 11.8 Å². The van der Waals surface area contributed by atoms with E-state index in [-0.39, 0.29) is 4.90 Å². The number of hydrogen-bond donors (Lipinski definition) is 1. The Morgan fingerprint density at radius 1 is 1.08 bits per heavy atom. The summed E-state index contributed by atoms with van der Waals surface area (Å²) in [5, 5.41) is 8.36. The van der Waals surface area contributed by atoms with Crippen LogP contribution in [-0.2, 0) is 9.59 Å². The molecular formula is C7H7NO4. The summed E-state index contributed by atoms with van der Waals surface area (Å²) in [6.45, 7) is 6.08. The number of carboxylic acid groups (broad SMARTS) is 1. The maximum Gasteiger partial charge on any atom is 0.421 e. The molecule has 64 valence electrons. The van der Waals surface area contributed by atoms with Crippen molar-refractivity contribution in [3.8, 4) is 0 Å². The Morgan fingerprint density at radius 2 is 1.42 bits per heavy atom. The number of nitrogens with zero attached hydrogens (tertiary/aromatic N) is 1. The summed E-state index contributed by atoms with van der Waals surface area (Å²) >= 11 is 0. The topological polar surface area (TPSA) is 74.7 Å². The molecule has 1 N–H and O–H groups in total. The Labute approximate surface area is 68.6 Å². The molecule has 0 aliphatic heterocycles. The monoisotopic (exact) mass is 169 g/mol. The van der Waals surface area contributed by atoms with Crippen LogP contribution in [0, 0.1) is 0 Å². The molecule has 0 rings (SSSR count). The van der Waals surface area contributed by atoms with Crippen molar-refractivity contribution in [2.45, 2.75) is 0 Å². The predicted octanol–water partition coefficient (Wildman–Crippen LogP) is 0.392. The van der Waals surface area contributed by atoms with Gasteiger partial charge in [0.15, 0.2) is 0 Å². The van der Waals surface area contributed by atoms with Crippen LogP contribution in [0.4, 0.5) is 4.79 Å². The second-order valence-electron chi connectivity index (χ2n) is 1.70. The highest BCUT2D eigenvalue weighted by Gasteiger charge is 2.23. The van der Waals surface area contributed by atoms with Crippen LogP contribution in [-0.4, -0.2) is 27.9 Å². The summed E-state index contributed by atoms with van der Waals surface area (Å²) < 4.78 is 0. The smallest absolute Gasteiger partial charge is 0.421 e. The molecular weight excluding hydrogens is 162 g/mol.